The van der Waals surface area contributed by atoms with Gasteiger partial charge in [0.1, 0.15) is 0 Å². The number of nitrogens with two attached hydrogens (primary N) is 1. The zero-order valence-corrected chi connectivity index (χ0v) is 12.9. The van der Waals surface area contributed by atoms with Crippen molar-refractivity contribution in [2.24, 2.45) is 5.73 Å². The van der Waals surface area contributed by atoms with Crippen molar-refractivity contribution < 1.29 is 0 Å². The Labute approximate surface area is 129 Å². The van der Waals surface area contributed by atoms with E-state index in [2.05, 4.69) is 26.7 Å². The molecule has 5 nitrogen and oxygen atoms in total. The molecule has 21 heavy (non-hydrogen) atoms. The van der Waals surface area contributed by atoms with Crippen LogP contribution in [0.4, 0.5) is 5.95 Å². The molecule has 0 radical (unpaired) electrons. The van der Waals surface area contributed by atoms with Gasteiger partial charge in [-0.3, -0.25) is 4.90 Å². The van der Waals surface area contributed by atoms with Gasteiger partial charge >= 0.3 is 0 Å². The lowest BCUT2D eigenvalue weighted by Gasteiger charge is -2.37. The van der Waals surface area contributed by atoms with E-state index in [0.717, 1.165) is 43.0 Å². The molecule has 1 fully saturated rings. The zero-order valence-electron chi connectivity index (χ0n) is 12.1. The van der Waals surface area contributed by atoms with Gasteiger partial charge in [0.2, 0.25) is 5.95 Å². The van der Waals surface area contributed by atoms with Crippen LogP contribution in [0.3, 0.4) is 0 Å². The summed E-state index contributed by atoms with van der Waals surface area (Å²) in [6.07, 6.45) is 1.89. The molecule has 0 bridgehead atoms. The molecule has 1 atom stereocenters. The minimum atomic E-state index is 0.152. The van der Waals surface area contributed by atoms with Crippen LogP contribution < -0.4 is 10.6 Å². The highest BCUT2D eigenvalue weighted by atomic mass is 32.1. The van der Waals surface area contributed by atoms with E-state index >= 15 is 0 Å². The van der Waals surface area contributed by atoms with E-state index in [1.807, 2.05) is 30.5 Å². The van der Waals surface area contributed by atoms with E-state index in [1.54, 1.807) is 0 Å². The molecular weight excluding hydrogens is 282 g/mol. The Morgan fingerprint density at radius 3 is 2.67 bits per heavy atom. The van der Waals surface area contributed by atoms with Crippen LogP contribution in [0.5, 0.6) is 0 Å². The van der Waals surface area contributed by atoms with Gasteiger partial charge in [0.05, 0.1) is 16.5 Å². The van der Waals surface area contributed by atoms with Gasteiger partial charge in [-0.15, -0.1) is 0 Å². The smallest absolute Gasteiger partial charge is 0.225 e. The zero-order chi connectivity index (χ0) is 14.8. The molecule has 0 amide bonds. The number of fused-ring (bicyclic) bond motifs is 1. The van der Waals surface area contributed by atoms with Gasteiger partial charge in [0.25, 0.3) is 0 Å². The highest BCUT2D eigenvalue weighted by Gasteiger charge is 2.23. The maximum absolute atomic E-state index is 5.73. The normalized spacial score (nSPS) is 17.9. The molecule has 0 aliphatic carbocycles. The molecule has 0 saturated carbocycles. The number of nitrogens with zero attached hydrogens (tertiary/aromatic N) is 4. The first kappa shape index (κ1) is 14.2. The molecule has 0 spiro atoms. The van der Waals surface area contributed by atoms with E-state index in [4.69, 9.17) is 18.0 Å². The number of rotatable bonds is 3. The third-order valence-electron chi connectivity index (χ3n) is 4.03. The molecule has 2 N–H and O–H groups in total. The second-order valence-corrected chi connectivity index (χ2v) is 5.80. The van der Waals surface area contributed by atoms with Crippen LogP contribution in [0.1, 0.15) is 6.92 Å². The quantitative estimate of drug-likeness (QED) is 0.866. The summed E-state index contributed by atoms with van der Waals surface area (Å²) < 4.78 is 0. The minimum absolute atomic E-state index is 0.152. The van der Waals surface area contributed by atoms with Crippen LogP contribution in [0.15, 0.2) is 30.5 Å². The lowest BCUT2D eigenvalue weighted by atomic mass is 10.2. The summed E-state index contributed by atoms with van der Waals surface area (Å²) in [6.45, 7) is 5.70. The fraction of sp³-hybridized carbons (Fsp3) is 0.400. The first-order valence-electron chi connectivity index (χ1n) is 7.15. The lowest BCUT2D eigenvalue weighted by molar-refractivity contribution is 0.238. The molecule has 2 aromatic rings. The van der Waals surface area contributed by atoms with Crippen molar-refractivity contribution in [1.29, 1.82) is 0 Å². The van der Waals surface area contributed by atoms with E-state index in [9.17, 15) is 0 Å². The van der Waals surface area contributed by atoms with Gasteiger partial charge in [-0.05, 0) is 13.0 Å². The van der Waals surface area contributed by atoms with Crippen LogP contribution in [0.2, 0.25) is 0 Å². The van der Waals surface area contributed by atoms with E-state index < -0.39 is 0 Å². The fourth-order valence-corrected chi connectivity index (χ4v) is 2.75. The highest BCUT2D eigenvalue weighted by molar-refractivity contribution is 7.80. The minimum Gasteiger partial charge on any atom is -0.392 e. The maximum atomic E-state index is 5.73. The van der Waals surface area contributed by atoms with Crippen molar-refractivity contribution in [2.75, 3.05) is 31.1 Å². The second kappa shape index (κ2) is 5.91. The van der Waals surface area contributed by atoms with Gasteiger partial charge in [0.15, 0.2) is 0 Å². The Bertz CT molecular complexity index is 651. The number of hydrogen-bond acceptors (Lipinski definition) is 5. The average Bonchev–Trinajstić information content (AvgIpc) is 2.54. The van der Waals surface area contributed by atoms with E-state index in [0.29, 0.717) is 4.99 Å². The van der Waals surface area contributed by atoms with E-state index in [1.165, 1.54) is 0 Å². The first-order valence-corrected chi connectivity index (χ1v) is 7.56. The summed E-state index contributed by atoms with van der Waals surface area (Å²) in [5.41, 5.74) is 6.71. The SMILES string of the molecule is CC(C(N)=S)N1CCN(c2ncc3ccccc3n2)CC1. The molecule has 1 aliphatic rings. The maximum Gasteiger partial charge on any atom is 0.225 e. The Balaban J connectivity index is 1.72. The van der Waals surface area contributed by atoms with Crippen molar-refractivity contribution in [1.82, 2.24) is 14.9 Å². The predicted octanol–water partition coefficient (Wildman–Crippen LogP) is 1.43. The predicted molar refractivity (Wildman–Crippen MR) is 89.6 cm³/mol. The van der Waals surface area contributed by atoms with Gasteiger partial charge in [-0.2, -0.15) is 0 Å². The molecular formula is C15H19N5S. The number of thiocarbonyl (C=S) groups is 1. The summed E-state index contributed by atoms with van der Waals surface area (Å²) in [4.78, 5) is 14.2. The average molecular weight is 301 g/mol. The van der Waals surface area contributed by atoms with Gasteiger partial charge in [-0.1, -0.05) is 30.4 Å². The third-order valence-corrected chi connectivity index (χ3v) is 4.37. The molecule has 3 rings (SSSR count). The molecule has 6 heteroatoms. The standard InChI is InChI=1S/C15H19N5S/c1-11(14(16)21)19-6-8-20(9-7-19)15-17-10-12-4-2-3-5-13(12)18-15/h2-5,10-11H,6-9H2,1H3,(H2,16,21). The number of para-hydroxylation sites is 1. The summed E-state index contributed by atoms with van der Waals surface area (Å²) in [6, 6.07) is 8.20. The Morgan fingerprint density at radius 1 is 1.24 bits per heavy atom. The van der Waals surface area contributed by atoms with Crippen LogP contribution in [0.25, 0.3) is 10.9 Å². The van der Waals surface area contributed by atoms with Gasteiger partial charge < -0.3 is 10.6 Å². The largest absolute Gasteiger partial charge is 0.392 e. The van der Waals surface area contributed by atoms with Crippen LogP contribution in [0, 0.1) is 0 Å². The van der Waals surface area contributed by atoms with Crippen molar-refractivity contribution in [3.63, 3.8) is 0 Å². The fourth-order valence-electron chi connectivity index (χ4n) is 2.60. The van der Waals surface area contributed by atoms with Crippen LogP contribution in [-0.2, 0) is 0 Å². The molecule has 110 valence electrons. The van der Waals surface area contributed by atoms with Crippen LogP contribution in [-0.4, -0.2) is 52.1 Å². The van der Waals surface area contributed by atoms with E-state index in [-0.39, 0.29) is 6.04 Å². The van der Waals surface area contributed by atoms with Crippen LogP contribution >= 0.6 is 12.2 Å². The van der Waals surface area contributed by atoms with Gasteiger partial charge in [0, 0.05) is 37.8 Å². The number of piperazine rings is 1. The van der Waals surface area contributed by atoms with Crippen molar-refractivity contribution >= 4 is 34.1 Å². The number of anilines is 1. The molecule has 1 aliphatic heterocycles. The van der Waals surface area contributed by atoms with Crippen molar-refractivity contribution in [3.05, 3.63) is 30.5 Å². The van der Waals surface area contributed by atoms with Gasteiger partial charge in [-0.25, -0.2) is 9.97 Å². The summed E-state index contributed by atoms with van der Waals surface area (Å²) in [5.74, 6) is 0.802. The third kappa shape index (κ3) is 2.96. The summed E-state index contributed by atoms with van der Waals surface area (Å²) in [5, 5.41) is 1.07. The monoisotopic (exact) mass is 301 g/mol. The molecule has 1 unspecified atom stereocenters. The van der Waals surface area contributed by atoms with Crippen molar-refractivity contribution in [3.8, 4) is 0 Å². The number of benzene rings is 1. The van der Waals surface area contributed by atoms with Crippen molar-refractivity contribution in [2.45, 2.75) is 13.0 Å². The lowest BCUT2D eigenvalue weighted by Crippen LogP contribution is -2.53. The molecule has 1 aromatic carbocycles. The number of hydrogen-bond donors (Lipinski definition) is 1. The Morgan fingerprint density at radius 2 is 1.95 bits per heavy atom. The Hall–Kier alpha value is -1.79. The summed E-state index contributed by atoms with van der Waals surface area (Å²) in [7, 11) is 0. The first-order chi connectivity index (χ1) is 10.1. The topological polar surface area (TPSA) is 58.3 Å². The molecule has 1 saturated heterocycles. The highest BCUT2D eigenvalue weighted by Crippen LogP contribution is 2.17. The second-order valence-electron chi connectivity index (χ2n) is 5.33. The molecule has 2 heterocycles. The Kier molecular flexibility index (Phi) is 3.98. The molecule has 1 aromatic heterocycles. The summed E-state index contributed by atoms with van der Waals surface area (Å²) >= 11 is 5.07. The number of aromatic nitrogens is 2.